The summed E-state index contributed by atoms with van der Waals surface area (Å²) < 4.78 is 7.42. The minimum Gasteiger partial charge on any atom is -0.380 e. The highest BCUT2D eigenvalue weighted by molar-refractivity contribution is 5.80. The van der Waals surface area contributed by atoms with Crippen LogP contribution in [0, 0.1) is 5.92 Å². The van der Waals surface area contributed by atoms with Crippen LogP contribution in [0.3, 0.4) is 0 Å². The van der Waals surface area contributed by atoms with Gasteiger partial charge in [0, 0.05) is 45.9 Å². The Morgan fingerprint density at radius 2 is 2.24 bits per heavy atom. The van der Waals surface area contributed by atoms with E-state index in [-0.39, 0.29) is 18.0 Å². The number of hydrogen-bond acceptors (Lipinski definition) is 4. The fraction of sp³-hybridized carbons (Fsp3) is 0.733. The predicted molar refractivity (Wildman–Crippen MR) is 80.8 cm³/mol. The molecule has 1 N–H and O–H groups in total. The predicted octanol–water partition coefficient (Wildman–Crippen LogP) is 0.954. The SMILES string of the molecule is CC(C)COCCN[C@@H]1CC(=O)N(C)[C@H]1c1ccnn1C. The Morgan fingerprint density at radius 3 is 2.86 bits per heavy atom. The molecule has 118 valence electrons. The smallest absolute Gasteiger partial charge is 0.224 e. The van der Waals surface area contributed by atoms with Gasteiger partial charge in [-0.1, -0.05) is 13.8 Å². The Bertz CT molecular complexity index is 472. The molecule has 0 bridgehead atoms. The second-order valence-corrected chi connectivity index (χ2v) is 6.06. The van der Waals surface area contributed by atoms with Gasteiger partial charge in [0.15, 0.2) is 0 Å². The van der Waals surface area contributed by atoms with E-state index in [2.05, 4.69) is 24.3 Å². The summed E-state index contributed by atoms with van der Waals surface area (Å²) in [4.78, 5) is 13.8. The maximum Gasteiger partial charge on any atom is 0.224 e. The van der Waals surface area contributed by atoms with Gasteiger partial charge in [-0.15, -0.1) is 0 Å². The molecule has 2 rings (SSSR count). The van der Waals surface area contributed by atoms with E-state index in [1.807, 2.05) is 29.7 Å². The highest BCUT2D eigenvalue weighted by Crippen LogP contribution is 2.31. The molecule has 6 heteroatoms. The van der Waals surface area contributed by atoms with Gasteiger partial charge in [-0.2, -0.15) is 5.10 Å². The summed E-state index contributed by atoms with van der Waals surface area (Å²) in [6.45, 7) is 6.47. The van der Waals surface area contributed by atoms with Gasteiger partial charge in [-0.3, -0.25) is 9.48 Å². The number of amides is 1. The second kappa shape index (κ2) is 7.04. The van der Waals surface area contributed by atoms with Crippen molar-refractivity contribution >= 4 is 5.91 Å². The molecule has 1 aromatic heterocycles. The number of nitrogens with one attached hydrogen (secondary N) is 1. The van der Waals surface area contributed by atoms with E-state index < -0.39 is 0 Å². The number of hydrogen-bond donors (Lipinski definition) is 1. The molecule has 0 aromatic carbocycles. The van der Waals surface area contributed by atoms with Gasteiger partial charge in [-0.25, -0.2) is 0 Å². The lowest BCUT2D eigenvalue weighted by Gasteiger charge is -2.25. The number of likely N-dealkylation sites (N-methyl/N-ethyl adjacent to an activating group) is 1. The molecule has 1 amide bonds. The summed E-state index contributed by atoms with van der Waals surface area (Å²) in [6, 6.07) is 2.12. The summed E-state index contributed by atoms with van der Waals surface area (Å²) >= 11 is 0. The number of likely N-dealkylation sites (tertiary alicyclic amines) is 1. The Kier molecular flexibility index (Phi) is 5.36. The molecule has 1 aromatic rings. The van der Waals surface area contributed by atoms with Gasteiger partial charge in [-0.05, 0) is 12.0 Å². The van der Waals surface area contributed by atoms with E-state index in [4.69, 9.17) is 4.74 Å². The summed E-state index contributed by atoms with van der Waals surface area (Å²) in [5, 5.41) is 7.66. The molecule has 6 nitrogen and oxygen atoms in total. The van der Waals surface area contributed by atoms with Crippen LogP contribution in [0.25, 0.3) is 0 Å². The largest absolute Gasteiger partial charge is 0.380 e. The van der Waals surface area contributed by atoms with Crippen molar-refractivity contribution in [2.24, 2.45) is 13.0 Å². The van der Waals surface area contributed by atoms with Crippen LogP contribution < -0.4 is 5.32 Å². The summed E-state index contributed by atoms with van der Waals surface area (Å²) in [6.07, 6.45) is 2.30. The number of carbonyl (C=O) groups excluding carboxylic acids is 1. The van der Waals surface area contributed by atoms with Gasteiger partial charge in [0.05, 0.1) is 18.3 Å². The molecule has 0 spiro atoms. The number of rotatable bonds is 7. The fourth-order valence-electron chi connectivity index (χ4n) is 2.77. The van der Waals surface area contributed by atoms with Crippen LogP contribution in [0.5, 0.6) is 0 Å². The van der Waals surface area contributed by atoms with Gasteiger partial charge in [0.1, 0.15) is 0 Å². The Hall–Kier alpha value is -1.40. The van der Waals surface area contributed by atoms with E-state index in [0.29, 0.717) is 18.9 Å². The van der Waals surface area contributed by atoms with Crippen LogP contribution in [0.4, 0.5) is 0 Å². The first kappa shape index (κ1) is 16.0. The van der Waals surface area contributed by atoms with E-state index in [1.54, 1.807) is 6.20 Å². The topological polar surface area (TPSA) is 59.4 Å². The zero-order chi connectivity index (χ0) is 15.4. The third-order valence-electron chi connectivity index (χ3n) is 3.85. The number of ether oxygens (including phenoxy) is 1. The lowest BCUT2D eigenvalue weighted by molar-refractivity contribution is -0.127. The first-order chi connectivity index (χ1) is 10.0. The second-order valence-electron chi connectivity index (χ2n) is 6.06. The van der Waals surface area contributed by atoms with Crippen molar-refractivity contribution in [3.8, 4) is 0 Å². The lowest BCUT2D eigenvalue weighted by atomic mass is 10.1. The van der Waals surface area contributed by atoms with Crippen molar-refractivity contribution in [3.63, 3.8) is 0 Å². The minimum atomic E-state index is 0.0371. The van der Waals surface area contributed by atoms with Crippen LogP contribution in [0.15, 0.2) is 12.3 Å². The monoisotopic (exact) mass is 294 g/mol. The average molecular weight is 294 g/mol. The number of aromatic nitrogens is 2. The Morgan fingerprint density at radius 1 is 1.48 bits per heavy atom. The molecule has 1 aliphatic heterocycles. The number of nitrogens with zero attached hydrogens (tertiary/aromatic N) is 3. The van der Waals surface area contributed by atoms with Gasteiger partial charge < -0.3 is 15.0 Å². The van der Waals surface area contributed by atoms with Crippen LogP contribution in [0.1, 0.15) is 32.0 Å². The fourth-order valence-corrected chi connectivity index (χ4v) is 2.77. The standard InChI is InChI=1S/C15H26N4O2/c1-11(2)10-21-8-7-16-12-9-14(20)18(3)15(12)13-5-6-17-19(13)4/h5-6,11-12,15-16H,7-10H2,1-4H3/t12-,15-/m1/s1. The number of carbonyl (C=O) groups is 1. The maximum absolute atomic E-state index is 12.0. The van der Waals surface area contributed by atoms with Crippen molar-refractivity contribution in [2.45, 2.75) is 32.4 Å². The van der Waals surface area contributed by atoms with Crippen molar-refractivity contribution < 1.29 is 9.53 Å². The number of aryl methyl sites for hydroxylation is 1. The molecule has 1 aliphatic rings. The van der Waals surface area contributed by atoms with Crippen LogP contribution in [-0.4, -0.2) is 53.4 Å². The molecule has 0 unspecified atom stereocenters. The van der Waals surface area contributed by atoms with E-state index in [9.17, 15) is 4.79 Å². The quantitative estimate of drug-likeness (QED) is 0.761. The van der Waals surface area contributed by atoms with Crippen LogP contribution in [-0.2, 0) is 16.6 Å². The van der Waals surface area contributed by atoms with Gasteiger partial charge >= 0.3 is 0 Å². The van der Waals surface area contributed by atoms with Gasteiger partial charge in [0.2, 0.25) is 5.91 Å². The van der Waals surface area contributed by atoms with E-state index in [1.165, 1.54) is 0 Å². The third-order valence-corrected chi connectivity index (χ3v) is 3.85. The average Bonchev–Trinajstić information content (AvgIpc) is 2.94. The maximum atomic E-state index is 12.0. The minimum absolute atomic E-state index is 0.0371. The van der Waals surface area contributed by atoms with Crippen LogP contribution >= 0.6 is 0 Å². The lowest BCUT2D eigenvalue weighted by Crippen LogP contribution is -2.37. The van der Waals surface area contributed by atoms with Crippen molar-refractivity contribution in [1.82, 2.24) is 20.0 Å². The normalized spacial score (nSPS) is 22.5. The molecular formula is C15H26N4O2. The third kappa shape index (κ3) is 3.83. The van der Waals surface area contributed by atoms with Crippen molar-refractivity contribution in [3.05, 3.63) is 18.0 Å². The molecule has 21 heavy (non-hydrogen) atoms. The molecule has 2 atom stereocenters. The first-order valence-corrected chi connectivity index (χ1v) is 7.55. The molecule has 0 saturated carbocycles. The van der Waals surface area contributed by atoms with Crippen molar-refractivity contribution in [1.29, 1.82) is 0 Å². The summed E-state index contributed by atoms with van der Waals surface area (Å²) in [7, 11) is 3.77. The van der Waals surface area contributed by atoms with E-state index >= 15 is 0 Å². The zero-order valence-corrected chi connectivity index (χ0v) is 13.4. The summed E-state index contributed by atoms with van der Waals surface area (Å²) in [5.74, 6) is 0.716. The van der Waals surface area contributed by atoms with Crippen molar-refractivity contribution in [2.75, 3.05) is 26.8 Å². The molecule has 1 fully saturated rings. The first-order valence-electron chi connectivity index (χ1n) is 7.55. The van der Waals surface area contributed by atoms with Gasteiger partial charge in [0.25, 0.3) is 0 Å². The molecular weight excluding hydrogens is 268 g/mol. The highest BCUT2D eigenvalue weighted by Gasteiger charge is 2.39. The highest BCUT2D eigenvalue weighted by atomic mass is 16.5. The molecule has 0 aliphatic carbocycles. The van der Waals surface area contributed by atoms with E-state index in [0.717, 1.165) is 18.8 Å². The molecule has 0 radical (unpaired) electrons. The Balaban J connectivity index is 1.91. The van der Waals surface area contributed by atoms with Crippen LogP contribution in [0.2, 0.25) is 0 Å². The molecule has 2 heterocycles. The molecule has 1 saturated heterocycles. The summed E-state index contributed by atoms with van der Waals surface area (Å²) in [5.41, 5.74) is 1.06. The Labute approximate surface area is 126 Å². The zero-order valence-electron chi connectivity index (χ0n) is 13.4.